The summed E-state index contributed by atoms with van der Waals surface area (Å²) in [6.45, 7) is 2.52. The topological polar surface area (TPSA) is 29.1 Å². The van der Waals surface area contributed by atoms with Gasteiger partial charge in [-0.1, -0.05) is 17.7 Å². The van der Waals surface area contributed by atoms with Gasteiger partial charge in [-0.2, -0.15) is 0 Å². The smallest absolute Gasteiger partial charge is 0.207 e. The second kappa shape index (κ2) is 4.12. The number of rotatable bonds is 3. The molecule has 0 atom stereocenters. The summed E-state index contributed by atoms with van der Waals surface area (Å²) in [5.74, 6) is 0. The minimum absolute atomic E-state index is 0.538. The van der Waals surface area contributed by atoms with E-state index in [4.69, 9.17) is 11.6 Å². The minimum atomic E-state index is 0.538. The van der Waals surface area contributed by atoms with Crippen molar-refractivity contribution in [2.75, 3.05) is 0 Å². The summed E-state index contributed by atoms with van der Waals surface area (Å²) in [6.07, 6.45) is 0.681. The fourth-order valence-electron chi connectivity index (χ4n) is 0.982. The van der Waals surface area contributed by atoms with Crippen molar-refractivity contribution >= 4 is 18.0 Å². The number of halogens is 1. The van der Waals surface area contributed by atoms with Gasteiger partial charge in [0.1, 0.15) is 0 Å². The lowest BCUT2D eigenvalue weighted by Gasteiger charge is -2.04. The third-order valence-electron chi connectivity index (χ3n) is 1.69. The number of hydrogen-bond donors (Lipinski definition) is 1. The van der Waals surface area contributed by atoms with Gasteiger partial charge < -0.3 is 5.32 Å². The molecule has 0 aliphatic carbocycles. The zero-order valence-corrected chi connectivity index (χ0v) is 7.56. The molecule has 0 saturated heterocycles. The molecule has 1 aromatic carbocycles. The van der Waals surface area contributed by atoms with Gasteiger partial charge in [0, 0.05) is 11.6 Å². The Kier molecular flexibility index (Phi) is 3.11. The Morgan fingerprint density at radius 1 is 1.58 bits per heavy atom. The van der Waals surface area contributed by atoms with Crippen LogP contribution in [0, 0.1) is 6.92 Å². The molecule has 1 N–H and O–H groups in total. The molecule has 0 radical (unpaired) electrons. The highest BCUT2D eigenvalue weighted by atomic mass is 35.5. The van der Waals surface area contributed by atoms with Crippen molar-refractivity contribution in [3.05, 3.63) is 34.3 Å². The van der Waals surface area contributed by atoms with E-state index in [1.165, 1.54) is 0 Å². The molecule has 0 heterocycles. The average Bonchev–Trinajstić information content (AvgIpc) is 2.07. The highest BCUT2D eigenvalue weighted by Crippen LogP contribution is 2.14. The van der Waals surface area contributed by atoms with E-state index in [9.17, 15) is 4.79 Å². The number of nitrogens with one attached hydrogen (secondary N) is 1. The van der Waals surface area contributed by atoms with Crippen molar-refractivity contribution in [1.82, 2.24) is 5.32 Å². The monoisotopic (exact) mass is 183 g/mol. The van der Waals surface area contributed by atoms with Gasteiger partial charge in [-0.15, -0.1) is 0 Å². The third kappa shape index (κ3) is 2.24. The Balaban J connectivity index is 2.82. The van der Waals surface area contributed by atoms with Gasteiger partial charge in [-0.05, 0) is 30.2 Å². The standard InChI is InChI=1S/C9H10ClNO/c1-7-2-3-9(10)4-8(7)5-11-6-12/h2-4,6H,5H2,1H3,(H,11,12). The van der Waals surface area contributed by atoms with E-state index in [-0.39, 0.29) is 0 Å². The van der Waals surface area contributed by atoms with Crippen LogP contribution in [0.25, 0.3) is 0 Å². The van der Waals surface area contributed by atoms with E-state index in [1.807, 2.05) is 25.1 Å². The highest BCUT2D eigenvalue weighted by Gasteiger charge is 1.97. The van der Waals surface area contributed by atoms with Gasteiger partial charge in [0.15, 0.2) is 0 Å². The molecule has 64 valence electrons. The Morgan fingerprint density at radius 2 is 2.33 bits per heavy atom. The van der Waals surface area contributed by atoms with Crippen LogP contribution in [0.5, 0.6) is 0 Å². The Labute approximate surface area is 76.5 Å². The van der Waals surface area contributed by atoms with Crippen LogP contribution in [0.3, 0.4) is 0 Å². The van der Waals surface area contributed by atoms with Crippen molar-refractivity contribution in [1.29, 1.82) is 0 Å². The summed E-state index contributed by atoms with van der Waals surface area (Å²) in [6, 6.07) is 5.62. The first-order chi connectivity index (χ1) is 5.74. The van der Waals surface area contributed by atoms with Crippen LogP contribution in [0.15, 0.2) is 18.2 Å². The molecule has 0 spiro atoms. The first kappa shape index (κ1) is 9.07. The van der Waals surface area contributed by atoms with E-state index in [1.54, 1.807) is 0 Å². The van der Waals surface area contributed by atoms with Crippen molar-refractivity contribution < 1.29 is 4.79 Å². The zero-order chi connectivity index (χ0) is 8.97. The Bertz CT molecular complexity index is 286. The lowest BCUT2D eigenvalue weighted by Crippen LogP contribution is -2.10. The lowest BCUT2D eigenvalue weighted by atomic mass is 10.1. The van der Waals surface area contributed by atoms with Crippen LogP contribution < -0.4 is 5.32 Å². The molecule has 0 aliphatic heterocycles. The molecule has 0 aromatic heterocycles. The predicted octanol–water partition coefficient (Wildman–Crippen LogP) is 1.89. The maximum Gasteiger partial charge on any atom is 0.207 e. The molecular formula is C9H10ClNO. The van der Waals surface area contributed by atoms with Crippen LogP contribution in [0.4, 0.5) is 0 Å². The number of carbonyl (C=O) groups excluding carboxylic acids is 1. The Morgan fingerprint density at radius 3 is 3.00 bits per heavy atom. The van der Waals surface area contributed by atoms with Gasteiger partial charge in [0.25, 0.3) is 0 Å². The minimum Gasteiger partial charge on any atom is -0.355 e. The largest absolute Gasteiger partial charge is 0.355 e. The van der Waals surface area contributed by atoms with E-state index in [0.29, 0.717) is 18.0 Å². The maximum atomic E-state index is 10.0. The number of hydrogen-bond acceptors (Lipinski definition) is 1. The molecular weight excluding hydrogens is 174 g/mol. The van der Waals surface area contributed by atoms with Gasteiger partial charge >= 0.3 is 0 Å². The molecule has 1 rings (SSSR count). The summed E-state index contributed by atoms with van der Waals surface area (Å²) >= 11 is 5.78. The summed E-state index contributed by atoms with van der Waals surface area (Å²) < 4.78 is 0. The normalized spacial score (nSPS) is 9.50. The number of carbonyl (C=O) groups is 1. The molecule has 0 bridgehead atoms. The van der Waals surface area contributed by atoms with Crippen molar-refractivity contribution in [2.45, 2.75) is 13.5 Å². The van der Waals surface area contributed by atoms with E-state index in [0.717, 1.165) is 11.1 Å². The van der Waals surface area contributed by atoms with Crippen molar-refractivity contribution in [3.63, 3.8) is 0 Å². The molecule has 3 heteroatoms. The predicted molar refractivity (Wildman–Crippen MR) is 49.1 cm³/mol. The fourth-order valence-corrected chi connectivity index (χ4v) is 1.18. The van der Waals surface area contributed by atoms with Crippen LogP contribution in [-0.4, -0.2) is 6.41 Å². The van der Waals surface area contributed by atoms with Crippen molar-refractivity contribution in [3.8, 4) is 0 Å². The van der Waals surface area contributed by atoms with E-state index in [2.05, 4.69) is 5.32 Å². The van der Waals surface area contributed by atoms with Crippen LogP contribution in [0.2, 0.25) is 5.02 Å². The molecule has 1 aromatic rings. The summed E-state index contributed by atoms with van der Waals surface area (Å²) in [4.78, 5) is 10.0. The molecule has 0 unspecified atom stereocenters. The SMILES string of the molecule is Cc1ccc(Cl)cc1CNC=O. The van der Waals surface area contributed by atoms with E-state index < -0.39 is 0 Å². The molecule has 0 saturated carbocycles. The van der Waals surface area contributed by atoms with Gasteiger partial charge in [0.2, 0.25) is 6.41 Å². The van der Waals surface area contributed by atoms with Gasteiger partial charge in [-0.3, -0.25) is 4.79 Å². The van der Waals surface area contributed by atoms with Crippen LogP contribution >= 0.6 is 11.6 Å². The molecule has 2 nitrogen and oxygen atoms in total. The maximum absolute atomic E-state index is 10.0. The summed E-state index contributed by atoms with van der Waals surface area (Å²) in [5, 5.41) is 3.29. The lowest BCUT2D eigenvalue weighted by molar-refractivity contribution is -0.109. The van der Waals surface area contributed by atoms with Crippen LogP contribution in [0.1, 0.15) is 11.1 Å². The van der Waals surface area contributed by atoms with Gasteiger partial charge in [0.05, 0.1) is 0 Å². The molecule has 0 aliphatic rings. The second-order valence-corrected chi connectivity index (χ2v) is 3.01. The molecule has 0 fully saturated rings. The third-order valence-corrected chi connectivity index (χ3v) is 1.92. The number of amides is 1. The van der Waals surface area contributed by atoms with Crippen LogP contribution in [-0.2, 0) is 11.3 Å². The van der Waals surface area contributed by atoms with Crippen molar-refractivity contribution in [2.24, 2.45) is 0 Å². The molecule has 12 heavy (non-hydrogen) atoms. The summed E-state index contributed by atoms with van der Waals surface area (Å²) in [7, 11) is 0. The Hall–Kier alpha value is -1.02. The first-order valence-corrected chi connectivity index (χ1v) is 4.04. The fraction of sp³-hybridized carbons (Fsp3) is 0.222. The number of aryl methyl sites for hydroxylation is 1. The highest BCUT2D eigenvalue weighted by molar-refractivity contribution is 6.30. The first-order valence-electron chi connectivity index (χ1n) is 3.66. The average molecular weight is 184 g/mol. The summed E-state index contributed by atoms with van der Waals surface area (Å²) in [5.41, 5.74) is 2.18. The van der Waals surface area contributed by atoms with E-state index >= 15 is 0 Å². The quantitative estimate of drug-likeness (QED) is 0.713. The number of benzene rings is 1. The zero-order valence-electron chi connectivity index (χ0n) is 6.80. The molecule has 1 amide bonds. The second-order valence-electron chi connectivity index (χ2n) is 2.57. The van der Waals surface area contributed by atoms with Gasteiger partial charge in [-0.25, -0.2) is 0 Å².